The number of amides is 1. The number of carbonyl (C=O) groups excluding carboxylic acids is 1. The molecule has 1 amide bonds. The van der Waals surface area contributed by atoms with Crippen LogP contribution in [0.1, 0.15) is 16.2 Å². The molecule has 0 atom stereocenters. The predicted octanol–water partition coefficient (Wildman–Crippen LogP) is 3.24. The normalized spacial score (nSPS) is 10.8. The molecule has 112 valence electrons. The molecule has 1 heterocycles. The minimum absolute atomic E-state index is 0.123. The van der Waals surface area contributed by atoms with Crippen molar-refractivity contribution in [3.63, 3.8) is 0 Å². The Kier molecular flexibility index (Phi) is 4.42. The third-order valence-corrected chi connectivity index (χ3v) is 3.17. The van der Waals surface area contributed by atoms with Gasteiger partial charge in [-0.3, -0.25) is 9.48 Å². The Morgan fingerprint density at radius 2 is 2.10 bits per heavy atom. The largest absolute Gasteiger partial charge is 0.433 e. The lowest BCUT2D eigenvalue weighted by Crippen LogP contribution is -2.17. The molecule has 0 saturated heterocycles. The van der Waals surface area contributed by atoms with Crippen molar-refractivity contribution < 1.29 is 18.3 Å². The first-order chi connectivity index (χ1) is 9.90. The smallest absolute Gasteiger partial charge is 0.387 e. The molecule has 21 heavy (non-hydrogen) atoms. The fourth-order valence-electron chi connectivity index (χ4n) is 1.83. The second-order valence-corrected chi connectivity index (χ2v) is 4.58. The Hall–Kier alpha value is -2.15. The maximum absolute atomic E-state index is 12.3. The summed E-state index contributed by atoms with van der Waals surface area (Å²) in [5, 5.41) is 6.71. The molecule has 0 fully saturated rings. The van der Waals surface area contributed by atoms with Crippen molar-refractivity contribution in [2.24, 2.45) is 7.05 Å². The summed E-state index contributed by atoms with van der Waals surface area (Å²) < 4.78 is 30.3. The SMILES string of the molecule is Cc1nn(C)c(C(=O)Nc2ccccc2OC(F)F)c1Cl. The summed E-state index contributed by atoms with van der Waals surface area (Å²) in [4.78, 5) is 12.2. The van der Waals surface area contributed by atoms with E-state index in [0.717, 1.165) is 0 Å². The van der Waals surface area contributed by atoms with Crippen molar-refractivity contribution in [1.29, 1.82) is 0 Å². The first kappa shape index (κ1) is 15.2. The Labute approximate surface area is 124 Å². The minimum atomic E-state index is -2.98. The molecule has 1 aromatic carbocycles. The van der Waals surface area contributed by atoms with Crippen LogP contribution >= 0.6 is 11.6 Å². The summed E-state index contributed by atoms with van der Waals surface area (Å²) >= 11 is 6.00. The number of para-hydroxylation sites is 2. The van der Waals surface area contributed by atoms with Crippen LogP contribution in [0.25, 0.3) is 0 Å². The summed E-state index contributed by atoms with van der Waals surface area (Å²) in [7, 11) is 1.56. The van der Waals surface area contributed by atoms with Gasteiger partial charge in [0.25, 0.3) is 5.91 Å². The van der Waals surface area contributed by atoms with E-state index in [-0.39, 0.29) is 22.2 Å². The molecule has 0 saturated carbocycles. The molecule has 1 N–H and O–H groups in total. The van der Waals surface area contributed by atoms with Gasteiger partial charge in [-0.1, -0.05) is 23.7 Å². The highest BCUT2D eigenvalue weighted by molar-refractivity contribution is 6.34. The van der Waals surface area contributed by atoms with Gasteiger partial charge in [0.1, 0.15) is 11.4 Å². The van der Waals surface area contributed by atoms with Crippen molar-refractivity contribution in [1.82, 2.24) is 9.78 Å². The number of alkyl halides is 2. The first-order valence-electron chi connectivity index (χ1n) is 5.94. The average molecular weight is 316 g/mol. The van der Waals surface area contributed by atoms with Crippen LogP contribution in [-0.2, 0) is 7.05 Å². The van der Waals surface area contributed by atoms with Gasteiger partial charge in [0.2, 0.25) is 0 Å². The van der Waals surface area contributed by atoms with Gasteiger partial charge in [0, 0.05) is 7.05 Å². The van der Waals surface area contributed by atoms with Crippen LogP contribution in [0, 0.1) is 6.92 Å². The van der Waals surface area contributed by atoms with E-state index in [0.29, 0.717) is 5.69 Å². The molecule has 0 aliphatic rings. The summed E-state index contributed by atoms with van der Waals surface area (Å²) in [6, 6.07) is 5.89. The number of ether oxygens (including phenoxy) is 1. The summed E-state index contributed by atoms with van der Waals surface area (Å²) in [5.74, 6) is -0.690. The maximum atomic E-state index is 12.3. The Balaban J connectivity index is 2.28. The summed E-state index contributed by atoms with van der Waals surface area (Å²) in [6.07, 6.45) is 0. The number of hydrogen-bond acceptors (Lipinski definition) is 3. The number of rotatable bonds is 4. The summed E-state index contributed by atoms with van der Waals surface area (Å²) in [5.41, 5.74) is 0.764. The third-order valence-electron chi connectivity index (χ3n) is 2.72. The van der Waals surface area contributed by atoms with Crippen molar-refractivity contribution in [3.05, 3.63) is 40.7 Å². The monoisotopic (exact) mass is 315 g/mol. The number of benzene rings is 1. The zero-order valence-electron chi connectivity index (χ0n) is 11.2. The third kappa shape index (κ3) is 3.30. The molecule has 0 aliphatic carbocycles. The van der Waals surface area contributed by atoms with Gasteiger partial charge in [-0.25, -0.2) is 0 Å². The highest BCUT2D eigenvalue weighted by atomic mass is 35.5. The zero-order valence-corrected chi connectivity index (χ0v) is 12.0. The van der Waals surface area contributed by atoms with Gasteiger partial charge in [-0.05, 0) is 19.1 Å². The molecule has 5 nitrogen and oxygen atoms in total. The fraction of sp³-hybridized carbons (Fsp3) is 0.231. The molecule has 8 heteroatoms. The predicted molar refractivity (Wildman–Crippen MR) is 74.0 cm³/mol. The molecule has 2 aromatic rings. The van der Waals surface area contributed by atoms with Gasteiger partial charge < -0.3 is 10.1 Å². The van der Waals surface area contributed by atoms with Gasteiger partial charge >= 0.3 is 6.61 Å². The maximum Gasteiger partial charge on any atom is 0.387 e. The van der Waals surface area contributed by atoms with E-state index in [1.54, 1.807) is 20.0 Å². The Bertz CT molecular complexity index is 673. The fourth-order valence-corrected chi connectivity index (χ4v) is 2.08. The highest BCUT2D eigenvalue weighted by Crippen LogP contribution is 2.27. The van der Waals surface area contributed by atoms with E-state index in [9.17, 15) is 13.6 Å². The van der Waals surface area contributed by atoms with Crippen LogP contribution in [0.4, 0.5) is 14.5 Å². The van der Waals surface area contributed by atoms with Gasteiger partial charge in [-0.15, -0.1) is 0 Å². The van der Waals surface area contributed by atoms with Crippen LogP contribution in [-0.4, -0.2) is 22.3 Å². The molecular weight excluding hydrogens is 304 g/mol. The second kappa shape index (κ2) is 6.09. The summed E-state index contributed by atoms with van der Waals surface area (Å²) in [6.45, 7) is -1.32. The van der Waals surface area contributed by atoms with E-state index in [1.807, 2.05) is 0 Å². The number of carbonyl (C=O) groups is 1. The molecule has 1 aromatic heterocycles. The van der Waals surface area contributed by atoms with Crippen molar-refractivity contribution in [2.45, 2.75) is 13.5 Å². The molecule has 0 spiro atoms. The lowest BCUT2D eigenvalue weighted by Gasteiger charge is -2.11. The number of hydrogen-bond donors (Lipinski definition) is 1. The molecule has 0 radical (unpaired) electrons. The lowest BCUT2D eigenvalue weighted by molar-refractivity contribution is -0.0493. The van der Waals surface area contributed by atoms with Crippen LogP contribution in [0.5, 0.6) is 5.75 Å². The van der Waals surface area contributed by atoms with E-state index < -0.39 is 12.5 Å². The van der Waals surface area contributed by atoms with Crippen LogP contribution in [0.2, 0.25) is 5.02 Å². The first-order valence-corrected chi connectivity index (χ1v) is 6.32. The van der Waals surface area contributed by atoms with Gasteiger partial charge in [0.15, 0.2) is 0 Å². The molecule has 0 aliphatic heterocycles. The van der Waals surface area contributed by atoms with Gasteiger partial charge in [0.05, 0.1) is 16.4 Å². The topological polar surface area (TPSA) is 56.2 Å². The van der Waals surface area contributed by atoms with E-state index in [1.165, 1.54) is 22.9 Å². The zero-order chi connectivity index (χ0) is 15.6. The quantitative estimate of drug-likeness (QED) is 0.942. The molecule has 0 unspecified atom stereocenters. The molecule has 0 bridgehead atoms. The number of nitrogens with one attached hydrogen (secondary N) is 1. The van der Waals surface area contributed by atoms with Crippen LogP contribution < -0.4 is 10.1 Å². The van der Waals surface area contributed by atoms with Crippen molar-refractivity contribution in [2.75, 3.05) is 5.32 Å². The lowest BCUT2D eigenvalue weighted by atomic mass is 10.2. The number of nitrogens with zero attached hydrogens (tertiary/aromatic N) is 2. The average Bonchev–Trinajstić information content (AvgIpc) is 2.65. The number of aryl methyl sites for hydroxylation is 2. The molecule has 2 rings (SSSR count). The number of aromatic nitrogens is 2. The van der Waals surface area contributed by atoms with Gasteiger partial charge in [-0.2, -0.15) is 13.9 Å². The highest BCUT2D eigenvalue weighted by Gasteiger charge is 2.20. The second-order valence-electron chi connectivity index (χ2n) is 4.20. The molecular formula is C13H12ClF2N3O2. The van der Waals surface area contributed by atoms with Crippen LogP contribution in [0.3, 0.4) is 0 Å². The Morgan fingerprint density at radius 1 is 1.43 bits per heavy atom. The van der Waals surface area contributed by atoms with E-state index >= 15 is 0 Å². The van der Waals surface area contributed by atoms with Crippen molar-refractivity contribution >= 4 is 23.2 Å². The number of anilines is 1. The minimum Gasteiger partial charge on any atom is -0.433 e. The van der Waals surface area contributed by atoms with E-state index in [4.69, 9.17) is 11.6 Å². The standard InChI is InChI=1S/C13H12ClF2N3O2/c1-7-10(14)11(19(2)18-7)12(20)17-8-5-3-4-6-9(8)21-13(15)16/h3-6,13H,1-2H3,(H,17,20). The number of halogens is 3. The van der Waals surface area contributed by atoms with Crippen molar-refractivity contribution in [3.8, 4) is 5.75 Å². The van der Waals surface area contributed by atoms with E-state index in [2.05, 4.69) is 15.2 Å². The van der Waals surface area contributed by atoms with Crippen LogP contribution in [0.15, 0.2) is 24.3 Å². The Morgan fingerprint density at radius 3 is 2.67 bits per heavy atom.